The second kappa shape index (κ2) is 6.06. The summed E-state index contributed by atoms with van der Waals surface area (Å²) in [5.74, 6) is -1.87. The summed E-state index contributed by atoms with van der Waals surface area (Å²) in [4.78, 5) is 25.9. The topological polar surface area (TPSA) is 89.5 Å². The van der Waals surface area contributed by atoms with Gasteiger partial charge in [-0.2, -0.15) is 0 Å². The number of ether oxygens (including phenoxy) is 6. The highest BCUT2D eigenvalue weighted by Gasteiger charge is 2.69. The Morgan fingerprint density at radius 3 is 2.16 bits per heavy atom. The molecule has 2 aromatic carbocycles. The molecule has 0 unspecified atom stereocenters. The third-order valence-electron chi connectivity index (χ3n) is 6.64. The Labute approximate surface area is 177 Å². The van der Waals surface area contributed by atoms with Crippen LogP contribution in [0.25, 0.3) is 0 Å². The van der Waals surface area contributed by atoms with Crippen molar-refractivity contribution in [2.75, 3.05) is 21.3 Å². The molecule has 4 aliphatic rings. The highest BCUT2D eigenvalue weighted by molar-refractivity contribution is 6.03. The van der Waals surface area contributed by atoms with Crippen LogP contribution in [-0.2, 0) is 25.8 Å². The molecule has 2 heterocycles. The minimum atomic E-state index is -1.47. The van der Waals surface area contributed by atoms with Crippen LogP contribution in [0.2, 0.25) is 0 Å². The van der Waals surface area contributed by atoms with Gasteiger partial charge in [-0.15, -0.1) is 0 Å². The lowest BCUT2D eigenvalue weighted by atomic mass is 9.76. The maximum atomic E-state index is 13.1. The van der Waals surface area contributed by atoms with Crippen molar-refractivity contribution in [3.63, 3.8) is 0 Å². The van der Waals surface area contributed by atoms with Crippen LogP contribution in [0.1, 0.15) is 44.7 Å². The number of ketones is 2. The second-order valence-corrected chi connectivity index (χ2v) is 8.04. The van der Waals surface area contributed by atoms with E-state index in [1.54, 1.807) is 30.3 Å². The average molecular weight is 424 g/mol. The van der Waals surface area contributed by atoms with E-state index in [4.69, 9.17) is 28.4 Å². The molecule has 0 amide bonds. The summed E-state index contributed by atoms with van der Waals surface area (Å²) < 4.78 is 36.6. The zero-order chi connectivity index (χ0) is 21.5. The van der Waals surface area contributed by atoms with Gasteiger partial charge in [0.2, 0.25) is 0 Å². The van der Waals surface area contributed by atoms with Crippen molar-refractivity contribution in [3.05, 3.63) is 52.6 Å². The normalized spacial score (nSPS) is 31.8. The monoisotopic (exact) mass is 424 g/mol. The van der Waals surface area contributed by atoms with Crippen molar-refractivity contribution < 1.29 is 38.0 Å². The Balaban J connectivity index is 1.72. The third-order valence-corrected chi connectivity index (χ3v) is 6.64. The van der Waals surface area contributed by atoms with E-state index < -0.39 is 23.8 Å². The molecule has 160 valence electrons. The Kier molecular flexibility index (Phi) is 3.68. The third kappa shape index (κ3) is 2.10. The van der Waals surface area contributed by atoms with E-state index in [2.05, 4.69) is 0 Å². The Morgan fingerprint density at radius 2 is 1.48 bits per heavy atom. The number of carbonyl (C=O) groups excluding carboxylic acids is 2. The van der Waals surface area contributed by atoms with E-state index in [-0.39, 0.29) is 24.4 Å². The smallest absolute Gasteiger partial charge is 0.272 e. The van der Waals surface area contributed by atoms with Gasteiger partial charge in [0, 0.05) is 32.6 Å². The van der Waals surface area contributed by atoms with Crippen LogP contribution in [0.5, 0.6) is 17.2 Å². The van der Waals surface area contributed by atoms with Crippen LogP contribution < -0.4 is 14.2 Å². The van der Waals surface area contributed by atoms with E-state index in [0.29, 0.717) is 39.5 Å². The lowest BCUT2D eigenvalue weighted by molar-refractivity contribution is -0.407. The lowest BCUT2D eigenvalue weighted by Gasteiger charge is -2.58. The first-order chi connectivity index (χ1) is 15.0. The average Bonchev–Trinajstić information content (AvgIpc) is 2.78. The van der Waals surface area contributed by atoms with Crippen molar-refractivity contribution >= 4 is 11.6 Å². The molecule has 4 atom stereocenters. The predicted octanol–water partition coefficient (Wildman–Crippen LogP) is 2.71. The van der Waals surface area contributed by atoms with Crippen LogP contribution in [0.3, 0.4) is 0 Å². The highest BCUT2D eigenvalue weighted by Crippen LogP contribution is 2.62. The molecule has 0 N–H and O–H groups in total. The summed E-state index contributed by atoms with van der Waals surface area (Å²) >= 11 is 0. The van der Waals surface area contributed by atoms with Gasteiger partial charge in [-0.25, -0.2) is 0 Å². The number of Topliss-reactive ketones (excluding diaryl/α,β-unsaturated/α-hetero) is 2. The molecule has 0 saturated heterocycles. The van der Waals surface area contributed by atoms with E-state index in [1.807, 2.05) is 0 Å². The standard InChI is InChI=1S/C23H20O8/c1-26-14-7-8-16-21-19(14)13(25)10-18(28-3)23(21)29-15-6-4-5-11-12(24)9-17(27-2)22(30-16,31-23)20(11)15/h4-8,17-18H,9-10H2,1-3H3/t17-,18-,22-,23-/m1/s1. The summed E-state index contributed by atoms with van der Waals surface area (Å²) in [5, 5.41) is 0. The Hall–Kier alpha value is -2.94. The number of hydrogen-bond acceptors (Lipinski definition) is 8. The van der Waals surface area contributed by atoms with Crippen molar-refractivity contribution in [1.29, 1.82) is 0 Å². The summed E-state index contributed by atoms with van der Waals surface area (Å²) in [7, 11) is 4.53. The van der Waals surface area contributed by atoms with Gasteiger partial charge in [-0.3, -0.25) is 14.3 Å². The van der Waals surface area contributed by atoms with Gasteiger partial charge >= 0.3 is 0 Å². The van der Waals surface area contributed by atoms with E-state index >= 15 is 0 Å². The molecule has 0 radical (unpaired) electrons. The summed E-state index contributed by atoms with van der Waals surface area (Å²) in [6.07, 6.45) is -1.35. The Morgan fingerprint density at radius 1 is 0.839 bits per heavy atom. The van der Waals surface area contributed by atoms with Gasteiger partial charge < -0.3 is 23.7 Å². The number of carbonyl (C=O) groups is 2. The molecular formula is C23H20O8. The maximum Gasteiger partial charge on any atom is 0.272 e. The molecule has 2 spiro atoms. The van der Waals surface area contributed by atoms with Crippen LogP contribution in [-0.4, -0.2) is 45.1 Å². The molecule has 6 rings (SSSR count). The van der Waals surface area contributed by atoms with Crippen molar-refractivity contribution in [2.45, 2.75) is 36.6 Å². The fraction of sp³-hybridized carbons (Fsp3) is 0.391. The van der Waals surface area contributed by atoms with Gasteiger partial charge in [0.25, 0.3) is 11.6 Å². The minimum absolute atomic E-state index is 0.0327. The summed E-state index contributed by atoms with van der Waals surface area (Å²) in [6.45, 7) is 0. The number of hydrogen-bond donors (Lipinski definition) is 0. The fourth-order valence-corrected chi connectivity index (χ4v) is 5.33. The molecule has 8 nitrogen and oxygen atoms in total. The number of rotatable bonds is 3. The maximum absolute atomic E-state index is 13.1. The van der Waals surface area contributed by atoms with Gasteiger partial charge in [-0.05, 0) is 18.2 Å². The van der Waals surface area contributed by atoms with Crippen molar-refractivity contribution in [3.8, 4) is 17.2 Å². The first-order valence-electron chi connectivity index (χ1n) is 10.0. The first-order valence-corrected chi connectivity index (χ1v) is 10.0. The van der Waals surface area contributed by atoms with Gasteiger partial charge in [0.05, 0.1) is 23.8 Å². The van der Waals surface area contributed by atoms with Gasteiger partial charge in [-0.1, -0.05) is 12.1 Å². The molecule has 0 fully saturated rings. The first kappa shape index (κ1) is 18.8. The molecule has 31 heavy (non-hydrogen) atoms. The summed E-state index contributed by atoms with van der Waals surface area (Å²) in [6, 6.07) is 8.67. The molecule has 0 aromatic heterocycles. The molecule has 2 aliphatic carbocycles. The van der Waals surface area contributed by atoms with Crippen LogP contribution in [0, 0.1) is 0 Å². The molecule has 0 saturated carbocycles. The molecule has 8 heteroatoms. The van der Waals surface area contributed by atoms with Gasteiger partial charge in [0.15, 0.2) is 11.6 Å². The van der Waals surface area contributed by atoms with Crippen LogP contribution in [0.4, 0.5) is 0 Å². The van der Waals surface area contributed by atoms with Crippen molar-refractivity contribution in [1.82, 2.24) is 0 Å². The number of methoxy groups -OCH3 is 3. The van der Waals surface area contributed by atoms with E-state index in [9.17, 15) is 9.59 Å². The minimum Gasteiger partial charge on any atom is -0.496 e. The predicted molar refractivity (Wildman–Crippen MR) is 105 cm³/mol. The van der Waals surface area contributed by atoms with E-state index in [1.165, 1.54) is 21.3 Å². The van der Waals surface area contributed by atoms with Crippen LogP contribution >= 0.6 is 0 Å². The van der Waals surface area contributed by atoms with E-state index in [0.717, 1.165) is 0 Å². The molecular weight excluding hydrogens is 404 g/mol. The molecule has 2 aromatic rings. The molecule has 2 aliphatic heterocycles. The lowest BCUT2D eigenvalue weighted by Crippen LogP contribution is -2.67. The van der Waals surface area contributed by atoms with Crippen LogP contribution in [0.15, 0.2) is 30.3 Å². The highest BCUT2D eigenvalue weighted by atomic mass is 16.8. The fourth-order valence-electron chi connectivity index (χ4n) is 5.33. The molecule has 2 bridgehead atoms. The zero-order valence-corrected chi connectivity index (χ0v) is 17.2. The van der Waals surface area contributed by atoms with Crippen molar-refractivity contribution in [2.24, 2.45) is 0 Å². The zero-order valence-electron chi connectivity index (χ0n) is 17.2. The SMILES string of the molecule is COc1ccc2c3c1C(=O)C[C@@H](OC)[C@]31Oc3cccc4c3[C@](O2)(O1)[C@H](OC)CC4=O. The number of benzene rings is 2. The quantitative estimate of drug-likeness (QED) is 0.743. The summed E-state index contributed by atoms with van der Waals surface area (Å²) in [5.41, 5.74) is 1.75. The Bertz CT molecular complexity index is 1160. The largest absolute Gasteiger partial charge is 0.496 e. The van der Waals surface area contributed by atoms with Gasteiger partial charge in [0.1, 0.15) is 29.5 Å². The second-order valence-electron chi connectivity index (χ2n) is 8.04.